The molecule has 7 nitrogen and oxygen atoms in total. The minimum absolute atomic E-state index is 0.354. The lowest BCUT2D eigenvalue weighted by molar-refractivity contribution is -0.384. The van der Waals surface area contributed by atoms with E-state index < -0.39 is 29.2 Å². The van der Waals surface area contributed by atoms with Crippen LogP contribution in [0.2, 0.25) is 0 Å². The van der Waals surface area contributed by atoms with Gasteiger partial charge in [0.1, 0.15) is 5.82 Å². The zero-order chi connectivity index (χ0) is 17.9. The number of aryl methyl sites for hydroxylation is 2. The number of carbonyl (C=O) groups excluding carboxylic acids is 2. The van der Waals surface area contributed by atoms with Gasteiger partial charge >= 0.3 is 5.97 Å². The molecule has 0 unspecified atom stereocenters. The van der Waals surface area contributed by atoms with Crippen molar-refractivity contribution in [1.82, 2.24) is 0 Å². The summed E-state index contributed by atoms with van der Waals surface area (Å²) < 4.78 is 18.4. The van der Waals surface area contributed by atoms with E-state index in [1.807, 2.05) is 6.92 Å². The van der Waals surface area contributed by atoms with Crippen LogP contribution in [-0.2, 0) is 9.53 Å². The Hall–Kier alpha value is -2.81. The first kappa shape index (κ1) is 17.5. The van der Waals surface area contributed by atoms with Crippen LogP contribution in [0.3, 0.4) is 0 Å². The lowest BCUT2D eigenvalue weighted by atomic mass is 10.2. The largest absolute Gasteiger partial charge is 0.452 e. The summed E-state index contributed by atoms with van der Waals surface area (Å²) in [6.45, 7) is 2.97. The second kappa shape index (κ2) is 7.18. The van der Waals surface area contributed by atoms with Gasteiger partial charge in [-0.3, -0.25) is 14.9 Å². The number of nitro groups is 1. The summed E-state index contributed by atoms with van der Waals surface area (Å²) in [6, 6.07) is 4.39. The van der Waals surface area contributed by atoms with Gasteiger partial charge in [0.15, 0.2) is 6.61 Å². The van der Waals surface area contributed by atoms with Crippen molar-refractivity contribution in [3.05, 3.63) is 55.5 Å². The van der Waals surface area contributed by atoms with Crippen LogP contribution >= 0.6 is 11.3 Å². The van der Waals surface area contributed by atoms with Crippen LogP contribution < -0.4 is 5.32 Å². The van der Waals surface area contributed by atoms with Crippen LogP contribution in [0.15, 0.2) is 24.3 Å². The van der Waals surface area contributed by atoms with E-state index in [1.54, 1.807) is 13.0 Å². The van der Waals surface area contributed by atoms with E-state index in [-0.39, 0.29) is 11.4 Å². The van der Waals surface area contributed by atoms with Gasteiger partial charge in [-0.1, -0.05) is 0 Å². The highest BCUT2D eigenvalue weighted by Gasteiger charge is 2.17. The molecule has 24 heavy (non-hydrogen) atoms. The monoisotopic (exact) mass is 352 g/mol. The first-order chi connectivity index (χ1) is 11.3. The predicted octanol–water partition coefficient (Wildman–Crippen LogP) is 3.21. The summed E-state index contributed by atoms with van der Waals surface area (Å²) in [5.74, 6) is -2.29. The van der Waals surface area contributed by atoms with E-state index in [0.717, 1.165) is 28.0 Å². The molecule has 1 aromatic heterocycles. The number of hydrogen-bond donors (Lipinski definition) is 1. The Bertz CT molecular complexity index is 818. The zero-order valence-electron chi connectivity index (χ0n) is 12.8. The molecule has 0 spiro atoms. The second-order valence-corrected chi connectivity index (χ2v) is 6.33. The molecular formula is C15H13FN2O5S. The van der Waals surface area contributed by atoms with Crippen molar-refractivity contribution in [2.75, 3.05) is 11.9 Å². The zero-order valence-corrected chi connectivity index (χ0v) is 13.6. The van der Waals surface area contributed by atoms with Gasteiger partial charge in [0.25, 0.3) is 11.6 Å². The number of hydrogen-bond acceptors (Lipinski definition) is 6. The summed E-state index contributed by atoms with van der Waals surface area (Å²) in [7, 11) is 0. The number of anilines is 1. The van der Waals surface area contributed by atoms with E-state index in [9.17, 15) is 24.1 Å². The smallest absolute Gasteiger partial charge is 0.339 e. The van der Waals surface area contributed by atoms with Gasteiger partial charge in [0.05, 0.1) is 16.2 Å². The van der Waals surface area contributed by atoms with Gasteiger partial charge in [-0.15, -0.1) is 11.3 Å². The summed E-state index contributed by atoms with van der Waals surface area (Å²) >= 11 is 1.43. The quantitative estimate of drug-likeness (QED) is 0.506. The molecular weight excluding hydrogens is 339 g/mol. The van der Waals surface area contributed by atoms with Gasteiger partial charge in [-0.25, -0.2) is 9.18 Å². The van der Waals surface area contributed by atoms with E-state index in [4.69, 9.17) is 4.74 Å². The van der Waals surface area contributed by atoms with E-state index in [0.29, 0.717) is 5.56 Å². The summed E-state index contributed by atoms with van der Waals surface area (Å²) in [6.07, 6.45) is 0. The Labute approximate surface area is 140 Å². The third-order valence-electron chi connectivity index (χ3n) is 3.03. The highest BCUT2D eigenvalue weighted by atomic mass is 32.1. The fourth-order valence-electron chi connectivity index (χ4n) is 1.95. The van der Waals surface area contributed by atoms with Gasteiger partial charge in [0, 0.05) is 21.9 Å². The van der Waals surface area contributed by atoms with Crippen molar-refractivity contribution in [2.24, 2.45) is 0 Å². The molecule has 1 aromatic carbocycles. The first-order valence-electron chi connectivity index (χ1n) is 6.76. The molecule has 0 bridgehead atoms. The number of non-ortho nitro benzene ring substituents is 1. The number of thiophene rings is 1. The normalized spacial score (nSPS) is 10.3. The Morgan fingerprint density at radius 1 is 1.33 bits per heavy atom. The Morgan fingerprint density at radius 2 is 2.04 bits per heavy atom. The summed E-state index contributed by atoms with van der Waals surface area (Å²) in [5.41, 5.74) is -0.354. The lowest BCUT2D eigenvalue weighted by Gasteiger charge is -2.07. The molecule has 0 fully saturated rings. The van der Waals surface area contributed by atoms with Gasteiger partial charge < -0.3 is 10.1 Å². The van der Waals surface area contributed by atoms with Crippen LogP contribution in [0.4, 0.5) is 15.8 Å². The second-order valence-electron chi connectivity index (χ2n) is 4.87. The van der Waals surface area contributed by atoms with E-state index in [1.165, 1.54) is 11.3 Å². The molecule has 0 saturated heterocycles. The maximum atomic E-state index is 13.6. The highest BCUT2D eigenvalue weighted by molar-refractivity contribution is 7.12. The fourth-order valence-corrected chi connectivity index (χ4v) is 2.86. The molecule has 2 aromatic rings. The lowest BCUT2D eigenvalue weighted by Crippen LogP contribution is -2.21. The number of rotatable bonds is 5. The summed E-state index contributed by atoms with van der Waals surface area (Å²) in [4.78, 5) is 35.3. The Balaban J connectivity index is 1.99. The molecule has 1 N–H and O–H groups in total. The number of nitro benzene ring substituents is 1. The third-order valence-corrected chi connectivity index (χ3v) is 4.00. The number of benzene rings is 1. The van der Waals surface area contributed by atoms with Gasteiger partial charge in [0.2, 0.25) is 0 Å². The number of carbonyl (C=O) groups is 2. The fraction of sp³-hybridized carbons (Fsp3) is 0.200. The summed E-state index contributed by atoms with van der Waals surface area (Å²) in [5, 5.41) is 12.8. The van der Waals surface area contributed by atoms with Crippen molar-refractivity contribution in [3.8, 4) is 0 Å². The number of nitrogens with zero attached hydrogens (tertiary/aromatic N) is 1. The van der Waals surface area contributed by atoms with Crippen LogP contribution in [0.25, 0.3) is 0 Å². The molecule has 126 valence electrons. The Morgan fingerprint density at radius 3 is 2.62 bits per heavy atom. The standard InChI is InChI=1S/C15H13FN2O5S/c1-8-5-11(9(2)24-8)15(20)23-7-14(19)17-13-6-10(18(21)22)3-4-12(13)16/h3-6H,7H2,1-2H3,(H,17,19). The number of halogens is 1. The maximum Gasteiger partial charge on any atom is 0.339 e. The Kier molecular flexibility index (Phi) is 5.24. The van der Waals surface area contributed by atoms with Crippen LogP contribution in [0, 0.1) is 29.8 Å². The van der Waals surface area contributed by atoms with Crippen molar-refractivity contribution in [1.29, 1.82) is 0 Å². The third kappa shape index (κ3) is 4.13. The predicted molar refractivity (Wildman–Crippen MR) is 85.8 cm³/mol. The molecule has 0 saturated carbocycles. The van der Waals surface area contributed by atoms with Crippen LogP contribution in [-0.4, -0.2) is 23.4 Å². The minimum atomic E-state index is -0.829. The first-order valence-corrected chi connectivity index (χ1v) is 7.57. The molecule has 0 aliphatic carbocycles. The molecule has 9 heteroatoms. The molecule has 0 radical (unpaired) electrons. The van der Waals surface area contributed by atoms with Crippen LogP contribution in [0.1, 0.15) is 20.1 Å². The van der Waals surface area contributed by atoms with Crippen LogP contribution in [0.5, 0.6) is 0 Å². The SMILES string of the molecule is Cc1cc(C(=O)OCC(=O)Nc2cc([N+](=O)[O-])ccc2F)c(C)s1. The molecule has 1 amide bonds. The topological polar surface area (TPSA) is 98.5 Å². The van der Waals surface area contributed by atoms with Gasteiger partial charge in [-0.05, 0) is 26.0 Å². The average molecular weight is 352 g/mol. The van der Waals surface area contributed by atoms with Crippen molar-refractivity contribution < 1.29 is 23.6 Å². The molecule has 0 aliphatic heterocycles. The van der Waals surface area contributed by atoms with Gasteiger partial charge in [-0.2, -0.15) is 0 Å². The van der Waals surface area contributed by atoms with Crippen molar-refractivity contribution >= 4 is 34.6 Å². The molecule has 0 aliphatic rings. The van der Waals surface area contributed by atoms with E-state index >= 15 is 0 Å². The minimum Gasteiger partial charge on any atom is -0.452 e. The number of ether oxygens (including phenoxy) is 1. The maximum absolute atomic E-state index is 13.6. The number of amides is 1. The van der Waals surface area contributed by atoms with E-state index in [2.05, 4.69) is 5.32 Å². The van der Waals surface area contributed by atoms with Crippen molar-refractivity contribution in [2.45, 2.75) is 13.8 Å². The number of nitrogens with one attached hydrogen (secondary N) is 1. The van der Waals surface area contributed by atoms with Crippen molar-refractivity contribution in [3.63, 3.8) is 0 Å². The average Bonchev–Trinajstić information content (AvgIpc) is 2.85. The molecule has 1 heterocycles. The number of esters is 1. The molecule has 0 atom stereocenters. The molecule has 2 rings (SSSR count). The highest BCUT2D eigenvalue weighted by Crippen LogP contribution is 2.22.